The van der Waals surface area contributed by atoms with E-state index < -0.39 is 22.5 Å². The number of amides is 1. The molecule has 166 valence electrons. The summed E-state index contributed by atoms with van der Waals surface area (Å²) in [6, 6.07) is 22.9. The number of benzene rings is 3. The lowest BCUT2D eigenvalue weighted by Gasteiger charge is -2.24. The molecule has 3 rings (SSSR count). The molecule has 1 N–H and O–H groups in total. The summed E-state index contributed by atoms with van der Waals surface area (Å²) < 4.78 is 28.8. The van der Waals surface area contributed by atoms with Crippen LogP contribution in [0.1, 0.15) is 30.9 Å². The Bertz CT molecular complexity index is 1180. The second-order valence-corrected chi connectivity index (χ2v) is 10.5. The van der Waals surface area contributed by atoms with Gasteiger partial charge in [0.05, 0.1) is 16.8 Å². The number of rotatable bonds is 8. The molecular formula is C24H24IN3O3S. The number of hydrazone groups is 1. The fourth-order valence-electron chi connectivity index (χ4n) is 2.95. The summed E-state index contributed by atoms with van der Waals surface area (Å²) in [5.74, 6) is -0.235. The number of anilines is 1. The van der Waals surface area contributed by atoms with Gasteiger partial charge >= 0.3 is 0 Å². The third kappa shape index (κ3) is 6.17. The molecule has 0 radical (unpaired) electrons. The normalized spacial score (nSPS) is 11.6. The minimum Gasteiger partial charge on any atom is -0.271 e. The average Bonchev–Trinajstić information content (AvgIpc) is 2.79. The first-order valence-electron chi connectivity index (χ1n) is 10.0. The third-order valence-electron chi connectivity index (χ3n) is 4.74. The predicted molar refractivity (Wildman–Crippen MR) is 136 cm³/mol. The van der Waals surface area contributed by atoms with Crippen LogP contribution in [0.2, 0.25) is 0 Å². The molecule has 0 fully saturated rings. The molecule has 0 atom stereocenters. The van der Waals surface area contributed by atoms with E-state index in [2.05, 4.69) is 47.0 Å². The topological polar surface area (TPSA) is 78.8 Å². The van der Waals surface area contributed by atoms with E-state index in [4.69, 9.17) is 0 Å². The minimum atomic E-state index is -3.94. The van der Waals surface area contributed by atoms with Gasteiger partial charge in [-0.15, -0.1) is 0 Å². The molecule has 1 amide bonds. The van der Waals surface area contributed by atoms with Gasteiger partial charge in [-0.3, -0.25) is 9.10 Å². The first-order chi connectivity index (χ1) is 15.3. The fraction of sp³-hybridized carbons (Fsp3) is 0.167. The molecule has 0 saturated carbocycles. The van der Waals surface area contributed by atoms with E-state index in [1.165, 1.54) is 18.3 Å². The van der Waals surface area contributed by atoms with E-state index in [0.29, 0.717) is 11.6 Å². The second-order valence-electron chi connectivity index (χ2n) is 7.42. The molecule has 0 spiro atoms. The van der Waals surface area contributed by atoms with E-state index in [9.17, 15) is 13.2 Å². The molecule has 0 heterocycles. The molecule has 0 aromatic heterocycles. The first kappa shape index (κ1) is 23.9. The smallest absolute Gasteiger partial charge is 0.264 e. The summed E-state index contributed by atoms with van der Waals surface area (Å²) in [5, 5.41) is 3.96. The molecular weight excluding hydrogens is 537 g/mol. The number of nitrogens with zero attached hydrogens (tertiary/aromatic N) is 2. The van der Waals surface area contributed by atoms with Crippen LogP contribution in [-0.2, 0) is 14.8 Å². The van der Waals surface area contributed by atoms with Gasteiger partial charge in [-0.25, -0.2) is 13.8 Å². The van der Waals surface area contributed by atoms with E-state index in [1.54, 1.807) is 30.3 Å². The predicted octanol–water partition coefficient (Wildman–Crippen LogP) is 4.76. The number of hydrogen-bond donors (Lipinski definition) is 1. The first-order valence-corrected chi connectivity index (χ1v) is 12.5. The van der Waals surface area contributed by atoms with Crippen LogP contribution in [0.4, 0.5) is 5.69 Å². The molecule has 0 aliphatic carbocycles. The number of sulfonamides is 1. The summed E-state index contributed by atoms with van der Waals surface area (Å²) in [5.41, 5.74) is 4.74. The van der Waals surface area contributed by atoms with Gasteiger partial charge < -0.3 is 0 Å². The van der Waals surface area contributed by atoms with Crippen molar-refractivity contribution in [2.75, 3.05) is 10.8 Å². The summed E-state index contributed by atoms with van der Waals surface area (Å²) in [6.45, 7) is 3.72. The van der Waals surface area contributed by atoms with Crippen molar-refractivity contribution in [2.45, 2.75) is 24.7 Å². The Balaban J connectivity index is 1.83. The summed E-state index contributed by atoms with van der Waals surface area (Å²) in [4.78, 5) is 12.7. The molecule has 3 aromatic carbocycles. The Hall–Kier alpha value is -2.72. The zero-order valence-electron chi connectivity index (χ0n) is 17.8. The van der Waals surface area contributed by atoms with Crippen molar-refractivity contribution >= 4 is 50.4 Å². The Morgan fingerprint density at radius 3 is 2.22 bits per heavy atom. The van der Waals surface area contributed by atoms with Crippen LogP contribution in [-0.4, -0.2) is 27.1 Å². The van der Waals surface area contributed by atoms with Crippen LogP contribution in [0.25, 0.3) is 0 Å². The van der Waals surface area contributed by atoms with Crippen molar-refractivity contribution in [1.82, 2.24) is 5.43 Å². The molecule has 32 heavy (non-hydrogen) atoms. The minimum absolute atomic E-state index is 0.114. The molecule has 0 bridgehead atoms. The lowest BCUT2D eigenvalue weighted by atomic mass is 10.0. The Morgan fingerprint density at radius 1 is 1.00 bits per heavy atom. The van der Waals surface area contributed by atoms with Crippen molar-refractivity contribution < 1.29 is 13.2 Å². The maximum Gasteiger partial charge on any atom is 0.264 e. The van der Waals surface area contributed by atoms with Gasteiger partial charge in [0, 0.05) is 3.57 Å². The van der Waals surface area contributed by atoms with Crippen molar-refractivity contribution in [3.63, 3.8) is 0 Å². The quantitative estimate of drug-likeness (QED) is 0.245. The molecule has 0 saturated heterocycles. The number of carbonyl (C=O) groups excluding carboxylic acids is 1. The monoisotopic (exact) mass is 561 g/mol. The molecule has 0 unspecified atom stereocenters. The standard InChI is InChI=1S/C24H24IN3O3S/c1-18(2)20-10-14-22(15-11-20)28(32(30,31)23-6-4-3-5-7-23)17-24(29)27-26-16-19-8-12-21(25)13-9-19/h3-16,18H,17H2,1-2H3,(H,27,29). The highest BCUT2D eigenvalue weighted by Crippen LogP contribution is 2.25. The Morgan fingerprint density at radius 2 is 1.62 bits per heavy atom. The second kappa shape index (κ2) is 10.7. The van der Waals surface area contributed by atoms with Crippen LogP contribution in [0.3, 0.4) is 0 Å². The zero-order chi connectivity index (χ0) is 23.1. The van der Waals surface area contributed by atoms with E-state index in [-0.39, 0.29) is 4.90 Å². The number of hydrogen-bond acceptors (Lipinski definition) is 4. The van der Waals surface area contributed by atoms with E-state index in [0.717, 1.165) is 19.0 Å². The van der Waals surface area contributed by atoms with Crippen molar-refractivity contribution in [3.8, 4) is 0 Å². The van der Waals surface area contributed by atoms with Crippen LogP contribution in [0.5, 0.6) is 0 Å². The van der Waals surface area contributed by atoms with Gasteiger partial charge in [-0.05, 0) is 76.0 Å². The fourth-order valence-corrected chi connectivity index (χ4v) is 4.76. The van der Waals surface area contributed by atoms with E-state index >= 15 is 0 Å². The van der Waals surface area contributed by atoms with Crippen LogP contribution in [0.15, 0.2) is 88.9 Å². The Kier molecular flexibility index (Phi) is 8.03. The maximum absolute atomic E-state index is 13.3. The SMILES string of the molecule is CC(C)c1ccc(N(CC(=O)NN=Cc2ccc(I)cc2)S(=O)(=O)c2ccccc2)cc1. The number of nitrogens with one attached hydrogen (secondary N) is 1. The highest BCUT2D eigenvalue weighted by atomic mass is 127. The Labute approximate surface area is 202 Å². The van der Waals surface area contributed by atoms with Crippen molar-refractivity contribution in [2.24, 2.45) is 5.10 Å². The lowest BCUT2D eigenvalue weighted by Crippen LogP contribution is -2.39. The lowest BCUT2D eigenvalue weighted by molar-refractivity contribution is -0.119. The highest BCUT2D eigenvalue weighted by molar-refractivity contribution is 14.1. The van der Waals surface area contributed by atoms with Gasteiger partial charge in [-0.1, -0.05) is 56.3 Å². The summed E-state index contributed by atoms with van der Waals surface area (Å²) >= 11 is 2.20. The van der Waals surface area contributed by atoms with Crippen LogP contribution < -0.4 is 9.73 Å². The highest BCUT2D eigenvalue weighted by Gasteiger charge is 2.27. The van der Waals surface area contributed by atoms with Crippen LogP contribution in [0, 0.1) is 3.57 Å². The molecule has 8 heteroatoms. The number of halogens is 1. The van der Waals surface area contributed by atoms with Gasteiger partial charge in [-0.2, -0.15) is 5.10 Å². The summed E-state index contributed by atoms with van der Waals surface area (Å²) in [6.07, 6.45) is 1.52. The van der Waals surface area contributed by atoms with Gasteiger partial charge in [0.1, 0.15) is 6.54 Å². The molecule has 0 aliphatic heterocycles. The maximum atomic E-state index is 13.3. The summed E-state index contributed by atoms with van der Waals surface area (Å²) in [7, 11) is -3.94. The van der Waals surface area contributed by atoms with Gasteiger partial charge in [0.2, 0.25) is 0 Å². The third-order valence-corrected chi connectivity index (χ3v) is 7.25. The van der Waals surface area contributed by atoms with Gasteiger partial charge in [0.15, 0.2) is 0 Å². The van der Waals surface area contributed by atoms with Crippen molar-refractivity contribution in [1.29, 1.82) is 0 Å². The van der Waals surface area contributed by atoms with Crippen molar-refractivity contribution in [3.05, 3.63) is 93.6 Å². The van der Waals surface area contributed by atoms with Crippen LogP contribution >= 0.6 is 22.6 Å². The number of carbonyl (C=O) groups is 1. The molecule has 6 nitrogen and oxygen atoms in total. The molecule has 0 aliphatic rings. The van der Waals surface area contributed by atoms with Gasteiger partial charge in [0.25, 0.3) is 15.9 Å². The van der Waals surface area contributed by atoms with E-state index in [1.807, 2.05) is 36.4 Å². The molecule has 3 aromatic rings. The zero-order valence-corrected chi connectivity index (χ0v) is 20.7. The average molecular weight is 561 g/mol. The largest absolute Gasteiger partial charge is 0.271 e.